The number of carboxylic acid groups (broad SMARTS) is 1. The van der Waals surface area contributed by atoms with Crippen molar-refractivity contribution >= 4 is 5.97 Å². The summed E-state index contributed by atoms with van der Waals surface area (Å²) in [4.78, 5) is 13.8. The Kier molecular flexibility index (Phi) is 6.17. The van der Waals surface area contributed by atoms with E-state index in [9.17, 15) is 9.90 Å². The lowest BCUT2D eigenvalue weighted by atomic mass is 9.90. The van der Waals surface area contributed by atoms with Gasteiger partial charge in [0.15, 0.2) is 5.54 Å². The molecule has 0 heterocycles. The predicted molar refractivity (Wildman–Crippen MR) is 81.5 cm³/mol. The Morgan fingerprint density at radius 2 is 1.95 bits per heavy atom. The minimum absolute atomic E-state index is 0.327. The number of rotatable bonds is 8. The summed E-state index contributed by atoms with van der Waals surface area (Å²) >= 11 is 0. The van der Waals surface area contributed by atoms with Crippen LogP contribution in [0.5, 0.6) is 0 Å². The van der Waals surface area contributed by atoms with Crippen molar-refractivity contribution in [2.45, 2.75) is 32.7 Å². The molecule has 0 aliphatic rings. The molecule has 112 valence electrons. The number of aliphatic carboxylic acids is 1. The van der Waals surface area contributed by atoms with Crippen LogP contribution < -0.4 is 5.73 Å². The average molecular weight is 278 g/mol. The summed E-state index contributed by atoms with van der Waals surface area (Å²) < 4.78 is 0. The molecule has 0 amide bonds. The summed E-state index contributed by atoms with van der Waals surface area (Å²) in [7, 11) is 0. The van der Waals surface area contributed by atoms with Crippen molar-refractivity contribution in [1.29, 1.82) is 0 Å². The molecule has 0 bridgehead atoms. The number of likely N-dealkylation sites (N-methyl/N-ethyl adjacent to an activating group) is 1. The molecule has 2 unspecified atom stereocenters. The second kappa shape index (κ2) is 7.41. The topological polar surface area (TPSA) is 66.6 Å². The monoisotopic (exact) mass is 278 g/mol. The van der Waals surface area contributed by atoms with Crippen molar-refractivity contribution in [1.82, 2.24) is 4.90 Å². The number of nitrogens with zero attached hydrogens (tertiary/aromatic N) is 1. The Balaban J connectivity index is 2.94. The molecule has 4 heteroatoms. The maximum absolute atomic E-state index is 11.7. The first-order valence-electron chi connectivity index (χ1n) is 7.24. The van der Waals surface area contributed by atoms with E-state index in [0.29, 0.717) is 18.0 Å². The molecule has 0 aliphatic carbocycles. The lowest BCUT2D eigenvalue weighted by molar-refractivity contribution is -0.144. The van der Waals surface area contributed by atoms with Crippen LogP contribution in [0.25, 0.3) is 0 Å². The molecule has 0 aromatic heterocycles. The molecule has 4 nitrogen and oxygen atoms in total. The largest absolute Gasteiger partial charge is 0.480 e. The van der Waals surface area contributed by atoms with Gasteiger partial charge in [-0.2, -0.15) is 0 Å². The maximum Gasteiger partial charge on any atom is 0.329 e. The number of hydrogen-bond donors (Lipinski definition) is 2. The van der Waals surface area contributed by atoms with Gasteiger partial charge in [0.1, 0.15) is 0 Å². The Hall–Kier alpha value is -1.39. The Bertz CT molecular complexity index is 422. The van der Waals surface area contributed by atoms with Gasteiger partial charge in [0.25, 0.3) is 0 Å². The van der Waals surface area contributed by atoms with Crippen LogP contribution in [0.1, 0.15) is 32.8 Å². The van der Waals surface area contributed by atoms with Gasteiger partial charge in [0.05, 0.1) is 0 Å². The summed E-state index contributed by atoms with van der Waals surface area (Å²) in [5.74, 6) is -0.449. The van der Waals surface area contributed by atoms with Gasteiger partial charge in [-0.25, -0.2) is 4.79 Å². The van der Waals surface area contributed by atoms with Crippen LogP contribution >= 0.6 is 0 Å². The lowest BCUT2D eigenvalue weighted by Gasteiger charge is -2.33. The third-order valence-corrected chi connectivity index (χ3v) is 3.86. The highest BCUT2D eigenvalue weighted by atomic mass is 16.4. The number of carboxylic acids is 1. The zero-order valence-electron chi connectivity index (χ0n) is 12.7. The molecule has 0 spiro atoms. The molecule has 20 heavy (non-hydrogen) atoms. The minimum Gasteiger partial charge on any atom is -0.480 e. The van der Waals surface area contributed by atoms with Crippen molar-refractivity contribution in [2.75, 3.05) is 19.6 Å². The quantitative estimate of drug-likeness (QED) is 0.765. The molecule has 3 N–H and O–H groups in total. The van der Waals surface area contributed by atoms with Crippen LogP contribution in [0.4, 0.5) is 0 Å². The Morgan fingerprint density at radius 1 is 1.35 bits per heavy atom. The van der Waals surface area contributed by atoms with E-state index in [4.69, 9.17) is 5.73 Å². The predicted octanol–water partition coefficient (Wildman–Crippen LogP) is 2.29. The molecule has 0 saturated carbocycles. The summed E-state index contributed by atoms with van der Waals surface area (Å²) in [6.07, 6.45) is 1.08. The molecule has 1 aromatic rings. The average Bonchev–Trinajstić information content (AvgIpc) is 2.46. The molecule has 0 radical (unpaired) electrons. The van der Waals surface area contributed by atoms with Gasteiger partial charge in [0, 0.05) is 13.1 Å². The molecule has 1 aromatic carbocycles. The number of hydrogen-bond acceptors (Lipinski definition) is 3. The van der Waals surface area contributed by atoms with Crippen LogP contribution in [0.2, 0.25) is 0 Å². The highest BCUT2D eigenvalue weighted by molar-refractivity contribution is 5.80. The third kappa shape index (κ3) is 4.05. The van der Waals surface area contributed by atoms with Gasteiger partial charge in [-0.15, -0.1) is 0 Å². The van der Waals surface area contributed by atoms with Crippen LogP contribution in [0, 0.1) is 5.92 Å². The first-order chi connectivity index (χ1) is 9.43. The van der Waals surface area contributed by atoms with Crippen molar-refractivity contribution in [3.8, 4) is 0 Å². The summed E-state index contributed by atoms with van der Waals surface area (Å²) in [5, 5.41) is 9.57. The second-order valence-corrected chi connectivity index (χ2v) is 5.48. The van der Waals surface area contributed by atoms with E-state index in [0.717, 1.165) is 19.5 Å². The normalized spacial score (nSPS) is 15.8. The zero-order valence-corrected chi connectivity index (χ0v) is 12.7. The van der Waals surface area contributed by atoms with E-state index >= 15 is 0 Å². The smallest absolute Gasteiger partial charge is 0.329 e. The van der Waals surface area contributed by atoms with Gasteiger partial charge in [-0.05, 0) is 18.0 Å². The van der Waals surface area contributed by atoms with E-state index in [1.807, 2.05) is 25.1 Å². The molecule has 0 fully saturated rings. The van der Waals surface area contributed by atoms with Gasteiger partial charge < -0.3 is 15.7 Å². The van der Waals surface area contributed by atoms with Crippen molar-refractivity contribution < 1.29 is 9.90 Å². The molecule has 2 atom stereocenters. The zero-order chi connectivity index (χ0) is 15.2. The Morgan fingerprint density at radius 3 is 2.40 bits per heavy atom. The summed E-state index contributed by atoms with van der Waals surface area (Å²) in [6.45, 7) is 8.34. The van der Waals surface area contributed by atoms with E-state index in [1.54, 1.807) is 12.1 Å². The van der Waals surface area contributed by atoms with Gasteiger partial charge in [-0.1, -0.05) is 57.5 Å². The van der Waals surface area contributed by atoms with Gasteiger partial charge in [0.2, 0.25) is 0 Å². The highest BCUT2D eigenvalue weighted by Crippen LogP contribution is 2.21. The van der Waals surface area contributed by atoms with Gasteiger partial charge in [-0.3, -0.25) is 0 Å². The van der Waals surface area contributed by atoms with E-state index < -0.39 is 11.5 Å². The molecule has 1 rings (SSSR count). The standard InChI is InChI=1S/C16H26N2O2/c1-4-13(3)11-18(5-2)12-16(17,15(19)20)14-9-7-6-8-10-14/h6-10,13H,4-5,11-12,17H2,1-3H3,(H,19,20). The van der Waals surface area contributed by atoms with E-state index in [2.05, 4.69) is 18.7 Å². The molecule has 0 aliphatic heterocycles. The fourth-order valence-corrected chi connectivity index (χ4v) is 2.25. The van der Waals surface area contributed by atoms with E-state index in [1.165, 1.54) is 0 Å². The summed E-state index contributed by atoms with van der Waals surface area (Å²) in [6, 6.07) is 9.08. The first-order valence-corrected chi connectivity index (χ1v) is 7.24. The second-order valence-electron chi connectivity index (χ2n) is 5.48. The highest BCUT2D eigenvalue weighted by Gasteiger charge is 2.37. The number of carbonyl (C=O) groups is 1. The fraction of sp³-hybridized carbons (Fsp3) is 0.562. The number of benzene rings is 1. The Labute approximate surface area is 121 Å². The third-order valence-electron chi connectivity index (χ3n) is 3.86. The maximum atomic E-state index is 11.7. The molecule has 0 saturated heterocycles. The van der Waals surface area contributed by atoms with E-state index in [-0.39, 0.29) is 0 Å². The van der Waals surface area contributed by atoms with Crippen LogP contribution in [-0.2, 0) is 10.3 Å². The van der Waals surface area contributed by atoms with Crippen molar-refractivity contribution in [3.05, 3.63) is 35.9 Å². The van der Waals surface area contributed by atoms with Crippen LogP contribution in [-0.4, -0.2) is 35.6 Å². The lowest BCUT2D eigenvalue weighted by Crippen LogP contribution is -2.54. The summed E-state index contributed by atoms with van der Waals surface area (Å²) in [5.41, 5.74) is 5.51. The first kappa shape index (κ1) is 16.7. The van der Waals surface area contributed by atoms with Crippen molar-refractivity contribution in [2.24, 2.45) is 11.7 Å². The molecular weight excluding hydrogens is 252 g/mol. The van der Waals surface area contributed by atoms with Crippen LogP contribution in [0.15, 0.2) is 30.3 Å². The number of nitrogens with two attached hydrogens (primary N) is 1. The molecular formula is C16H26N2O2. The SMILES string of the molecule is CCC(C)CN(CC)CC(N)(C(=O)O)c1ccccc1. The van der Waals surface area contributed by atoms with Crippen LogP contribution in [0.3, 0.4) is 0 Å². The minimum atomic E-state index is -1.36. The van der Waals surface area contributed by atoms with Crippen molar-refractivity contribution in [3.63, 3.8) is 0 Å². The fourth-order valence-electron chi connectivity index (χ4n) is 2.25. The van der Waals surface area contributed by atoms with Gasteiger partial charge >= 0.3 is 5.97 Å².